The van der Waals surface area contributed by atoms with E-state index in [0.29, 0.717) is 9.13 Å². The number of phenolic OH excluding ortho intramolecular Hbond substituents is 2. The van der Waals surface area contributed by atoms with E-state index >= 15 is 0 Å². The molecule has 0 radical (unpaired) electrons. The van der Waals surface area contributed by atoms with Crippen molar-refractivity contribution in [1.29, 1.82) is 0 Å². The molecule has 1 aromatic rings. The van der Waals surface area contributed by atoms with Crippen LogP contribution in [0.5, 0.6) is 11.5 Å². The van der Waals surface area contributed by atoms with Gasteiger partial charge >= 0.3 is 0 Å². The van der Waals surface area contributed by atoms with E-state index in [-0.39, 0.29) is 42.6 Å². The number of hydrogen-bond acceptors (Lipinski definition) is 2. The van der Waals surface area contributed by atoms with Crippen LogP contribution < -0.4 is 0 Å². The first kappa shape index (κ1) is 14.3. The van der Waals surface area contributed by atoms with Crippen molar-refractivity contribution in [3.05, 3.63) is 27.3 Å². The second-order valence-corrected chi connectivity index (χ2v) is 4.00. The summed E-state index contributed by atoms with van der Waals surface area (Å²) >= 11 is 2.01. The topological polar surface area (TPSA) is 40.5 Å². The standard InChI is InChI=1S/C10H10IO2.U/c1-5(2)9-6(3)7(12)4-8(13)10(9)11;/h12-13H,1H2,2-3H3;/q-1;. The summed E-state index contributed by atoms with van der Waals surface area (Å²) < 4.78 is 0.681. The molecule has 2 nitrogen and oxygen atoms in total. The Morgan fingerprint density at radius 3 is 2.29 bits per heavy atom. The van der Waals surface area contributed by atoms with Gasteiger partial charge in [0, 0.05) is 42.6 Å². The van der Waals surface area contributed by atoms with Crippen LogP contribution in [-0.2, 0) is 0 Å². The molecule has 0 aliphatic rings. The molecule has 0 saturated heterocycles. The van der Waals surface area contributed by atoms with E-state index in [1.54, 1.807) is 6.92 Å². The molecular weight excluding hydrogens is 517 g/mol. The van der Waals surface area contributed by atoms with Crippen molar-refractivity contribution in [2.75, 3.05) is 0 Å². The molecule has 0 bridgehead atoms. The third-order valence-corrected chi connectivity index (χ3v) is 2.87. The molecule has 0 aromatic heterocycles. The molecule has 0 heterocycles. The number of halogens is 1. The quantitative estimate of drug-likeness (QED) is 0.436. The number of aromatic hydroxyl groups is 2. The normalized spacial score (nSPS) is 9.36. The zero-order chi connectivity index (χ0) is 10.2. The van der Waals surface area contributed by atoms with Gasteiger partial charge in [0.15, 0.2) is 0 Å². The summed E-state index contributed by atoms with van der Waals surface area (Å²) in [6.45, 7) is 7.40. The van der Waals surface area contributed by atoms with E-state index in [2.05, 4.69) is 12.6 Å². The van der Waals surface area contributed by atoms with Crippen LogP contribution in [0.1, 0.15) is 18.1 Å². The first-order valence-corrected chi connectivity index (χ1v) is 4.82. The smallest absolute Gasteiger partial charge is 0.0211 e. The first-order chi connectivity index (χ1) is 5.95. The van der Waals surface area contributed by atoms with Crippen molar-refractivity contribution >= 4 is 28.2 Å². The molecule has 0 atom stereocenters. The molecule has 0 spiro atoms. The summed E-state index contributed by atoms with van der Waals surface area (Å²) in [6, 6.07) is 2.46. The van der Waals surface area contributed by atoms with Crippen LogP contribution in [0.2, 0.25) is 0 Å². The third-order valence-electron chi connectivity index (χ3n) is 1.82. The van der Waals surface area contributed by atoms with Gasteiger partial charge in [-0.25, -0.2) is 0 Å². The molecular formula is C10H10IO2U-. The molecule has 0 saturated carbocycles. The Labute approximate surface area is 121 Å². The maximum atomic E-state index is 9.39. The molecule has 74 valence electrons. The fourth-order valence-electron chi connectivity index (χ4n) is 1.17. The van der Waals surface area contributed by atoms with Crippen LogP contribution in [0.25, 0.3) is 5.57 Å². The van der Waals surface area contributed by atoms with Gasteiger partial charge in [-0.1, -0.05) is 25.1 Å². The van der Waals surface area contributed by atoms with Crippen molar-refractivity contribution in [3.63, 3.8) is 0 Å². The number of phenols is 2. The van der Waals surface area contributed by atoms with Gasteiger partial charge in [-0.2, -0.15) is 0 Å². The zero-order valence-electron chi connectivity index (χ0n) is 7.98. The zero-order valence-corrected chi connectivity index (χ0v) is 14.3. The minimum atomic E-state index is -0.0262. The molecule has 14 heavy (non-hydrogen) atoms. The Morgan fingerprint density at radius 1 is 1.36 bits per heavy atom. The number of hydrogen-bond donors (Lipinski definition) is 2. The minimum Gasteiger partial charge on any atom is -0.534 e. The average Bonchev–Trinajstić information content (AvgIpc) is 2.01. The van der Waals surface area contributed by atoms with E-state index in [1.165, 1.54) is 0 Å². The van der Waals surface area contributed by atoms with Crippen LogP contribution in [0.4, 0.5) is 0 Å². The summed E-state index contributed by atoms with van der Waals surface area (Å²) in [6.07, 6.45) is 0. The van der Waals surface area contributed by atoms with E-state index in [4.69, 9.17) is 0 Å². The Hall–Kier alpha value is 0.342. The first-order valence-electron chi connectivity index (χ1n) is 3.74. The van der Waals surface area contributed by atoms with Gasteiger partial charge < -0.3 is 10.2 Å². The van der Waals surface area contributed by atoms with Crippen molar-refractivity contribution in [2.45, 2.75) is 13.8 Å². The molecule has 0 aliphatic carbocycles. The van der Waals surface area contributed by atoms with E-state index in [0.717, 1.165) is 11.1 Å². The fraction of sp³-hybridized carbons (Fsp3) is 0.200. The van der Waals surface area contributed by atoms with Crippen LogP contribution in [0, 0.1) is 47.7 Å². The van der Waals surface area contributed by atoms with Gasteiger partial charge in [0.05, 0.1) is 0 Å². The Balaban J connectivity index is 0.00000169. The fourth-order valence-corrected chi connectivity index (χ4v) is 2.17. The SMILES string of the molecule is C=C(C)c1c(C)c(O)[c-]c(O)c1I.[U]. The molecule has 1 aromatic carbocycles. The molecule has 0 fully saturated rings. The van der Waals surface area contributed by atoms with Crippen LogP contribution in [-0.4, -0.2) is 10.2 Å². The predicted octanol–water partition coefficient (Wildman–Crippen LogP) is 2.84. The van der Waals surface area contributed by atoms with Gasteiger partial charge in [0.25, 0.3) is 0 Å². The molecule has 0 amide bonds. The minimum absolute atomic E-state index is 0. The van der Waals surface area contributed by atoms with Crippen LogP contribution in [0.15, 0.2) is 6.58 Å². The summed E-state index contributed by atoms with van der Waals surface area (Å²) in [7, 11) is 0. The van der Waals surface area contributed by atoms with Crippen LogP contribution >= 0.6 is 22.6 Å². The molecule has 1 rings (SSSR count). The largest absolute Gasteiger partial charge is 0.534 e. The average molecular weight is 527 g/mol. The third kappa shape index (κ3) is 2.68. The van der Waals surface area contributed by atoms with Crippen molar-refractivity contribution in [1.82, 2.24) is 0 Å². The number of allylic oxidation sites excluding steroid dienone is 1. The van der Waals surface area contributed by atoms with Crippen molar-refractivity contribution in [3.8, 4) is 11.5 Å². The molecule has 2 N–H and O–H groups in total. The van der Waals surface area contributed by atoms with Gasteiger partial charge in [0.2, 0.25) is 0 Å². The van der Waals surface area contributed by atoms with Gasteiger partial charge in [-0.3, -0.25) is 0 Å². The predicted molar refractivity (Wildman–Crippen MR) is 60.8 cm³/mol. The molecule has 0 aliphatic heterocycles. The van der Waals surface area contributed by atoms with Crippen molar-refractivity contribution in [2.24, 2.45) is 0 Å². The Bertz CT molecular complexity index is 349. The number of benzene rings is 1. The van der Waals surface area contributed by atoms with Gasteiger partial charge in [-0.15, -0.1) is 33.7 Å². The monoisotopic (exact) mass is 527 g/mol. The summed E-state index contributed by atoms with van der Waals surface area (Å²) in [5.74, 6) is -0.0439. The Morgan fingerprint density at radius 2 is 1.86 bits per heavy atom. The van der Waals surface area contributed by atoms with Gasteiger partial charge in [-0.05, 0) is 10.5 Å². The summed E-state index contributed by atoms with van der Waals surface area (Å²) in [5.41, 5.74) is 2.32. The van der Waals surface area contributed by atoms with E-state index < -0.39 is 0 Å². The van der Waals surface area contributed by atoms with Crippen molar-refractivity contribution < 1.29 is 41.3 Å². The maximum absolute atomic E-state index is 9.39. The second kappa shape index (κ2) is 5.43. The number of rotatable bonds is 1. The van der Waals surface area contributed by atoms with Crippen LogP contribution in [0.3, 0.4) is 0 Å². The molecule has 0 unspecified atom stereocenters. The van der Waals surface area contributed by atoms with E-state index in [1.807, 2.05) is 29.5 Å². The summed E-state index contributed by atoms with van der Waals surface area (Å²) in [5, 5.41) is 18.8. The second-order valence-electron chi connectivity index (χ2n) is 2.92. The van der Waals surface area contributed by atoms with E-state index in [9.17, 15) is 10.2 Å². The Kier molecular flexibility index (Phi) is 5.57. The molecule has 4 heteroatoms. The van der Waals surface area contributed by atoms with Gasteiger partial charge in [0.1, 0.15) is 0 Å². The maximum Gasteiger partial charge on any atom is 0.0211 e. The summed E-state index contributed by atoms with van der Waals surface area (Å²) in [4.78, 5) is 0.